The number of hydrogen-bond donors (Lipinski definition) is 2. The van der Waals surface area contributed by atoms with Crippen LogP contribution in [0, 0.1) is 0 Å². The predicted molar refractivity (Wildman–Crippen MR) is 66.1 cm³/mol. The van der Waals surface area contributed by atoms with Gasteiger partial charge in [-0.05, 0) is 18.2 Å². The van der Waals surface area contributed by atoms with E-state index in [0.717, 1.165) is 13.1 Å². The van der Waals surface area contributed by atoms with Crippen molar-refractivity contribution in [2.45, 2.75) is 6.18 Å². The molecule has 0 aliphatic carbocycles. The maximum atomic E-state index is 12.1. The summed E-state index contributed by atoms with van der Waals surface area (Å²) >= 11 is 5.61. The van der Waals surface area contributed by atoms with Gasteiger partial charge in [0.15, 0.2) is 0 Å². The Morgan fingerprint density at radius 1 is 1.40 bits per heavy atom. The van der Waals surface area contributed by atoms with E-state index in [1.54, 1.807) is 0 Å². The van der Waals surface area contributed by atoms with Crippen molar-refractivity contribution in [3.05, 3.63) is 28.8 Å². The lowest BCUT2D eigenvalue weighted by molar-refractivity contribution is -0.137. The fraction of sp³-hybridized carbons (Fsp3) is 0.273. The molecule has 1 aromatic carbocycles. The second-order valence-electron chi connectivity index (χ2n) is 3.90. The third-order valence-corrected chi connectivity index (χ3v) is 2.45. The molecule has 1 rings (SSSR count). The number of urea groups is 1. The number of carbonyl (C=O) groups is 2. The largest absolute Gasteiger partial charge is 0.478 e. The van der Waals surface area contributed by atoms with Gasteiger partial charge in [-0.1, -0.05) is 11.6 Å². The van der Waals surface area contributed by atoms with Gasteiger partial charge in [0.2, 0.25) is 0 Å². The van der Waals surface area contributed by atoms with Crippen LogP contribution < -0.4 is 5.32 Å². The van der Waals surface area contributed by atoms with Crippen molar-refractivity contribution in [3.8, 4) is 0 Å². The Morgan fingerprint density at radius 3 is 2.50 bits per heavy atom. The van der Waals surface area contributed by atoms with E-state index in [2.05, 4.69) is 5.32 Å². The first-order valence-corrected chi connectivity index (χ1v) is 5.59. The van der Waals surface area contributed by atoms with Crippen LogP contribution in [0.15, 0.2) is 18.2 Å². The summed E-state index contributed by atoms with van der Waals surface area (Å²) in [7, 11) is 0.944. The van der Waals surface area contributed by atoms with E-state index in [1.165, 1.54) is 12.1 Å². The van der Waals surface area contributed by atoms with E-state index >= 15 is 0 Å². The van der Waals surface area contributed by atoms with E-state index in [4.69, 9.17) is 16.7 Å². The van der Waals surface area contributed by atoms with Crippen molar-refractivity contribution in [2.24, 2.45) is 0 Å². The molecule has 0 spiro atoms. The Labute approximate surface area is 116 Å². The number of nitrogens with zero attached hydrogens (tertiary/aromatic N) is 1. The molecule has 110 valence electrons. The minimum Gasteiger partial charge on any atom is -0.478 e. The number of nitrogens with one attached hydrogen (secondary N) is 1. The summed E-state index contributed by atoms with van der Waals surface area (Å²) in [5, 5.41) is 11.1. The first-order valence-electron chi connectivity index (χ1n) is 5.22. The number of rotatable bonds is 3. The quantitative estimate of drug-likeness (QED) is 0.901. The van der Waals surface area contributed by atoms with Crippen LogP contribution in [0.2, 0.25) is 5.02 Å². The zero-order chi connectivity index (χ0) is 15.5. The Morgan fingerprint density at radius 2 is 2.00 bits per heavy atom. The lowest BCUT2D eigenvalue weighted by Gasteiger charge is -2.20. The van der Waals surface area contributed by atoms with Gasteiger partial charge in [0.05, 0.1) is 11.3 Å². The number of amides is 2. The third kappa shape index (κ3) is 4.61. The Bertz CT molecular complexity index is 534. The second-order valence-corrected chi connectivity index (χ2v) is 4.33. The SMILES string of the molecule is CN(CC(F)(F)F)C(=O)Nc1ccc(Cl)cc1C(=O)O. The molecule has 20 heavy (non-hydrogen) atoms. The van der Waals surface area contributed by atoms with E-state index in [1.807, 2.05) is 0 Å². The summed E-state index contributed by atoms with van der Waals surface area (Å²) < 4.78 is 36.4. The van der Waals surface area contributed by atoms with Crippen molar-refractivity contribution >= 4 is 29.3 Å². The lowest BCUT2D eigenvalue weighted by Crippen LogP contribution is -2.38. The van der Waals surface area contributed by atoms with E-state index in [9.17, 15) is 22.8 Å². The molecule has 0 saturated carbocycles. The number of carboxylic acids is 1. The first-order chi connectivity index (χ1) is 9.10. The van der Waals surface area contributed by atoms with Crippen molar-refractivity contribution in [3.63, 3.8) is 0 Å². The van der Waals surface area contributed by atoms with Gasteiger partial charge in [0.25, 0.3) is 0 Å². The first kappa shape index (κ1) is 16.1. The summed E-state index contributed by atoms with van der Waals surface area (Å²) in [5.41, 5.74) is -0.452. The van der Waals surface area contributed by atoms with Gasteiger partial charge in [-0.25, -0.2) is 9.59 Å². The molecule has 0 atom stereocenters. The number of benzene rings is 1. The minimum atomic E-state index is -4.54. The van der Waals surface area contributed by atoms with Gasteiger partial charge in [-0.2, -0.15) is 13.2 Å². The molecule has 0 heterocycles. The van der Waals surface area contributed by atoms with Crippen LogP contribution in [0.4, 0.5) is 23.7 Å². The maximum absolute atomic E-state index is 12.1. The molecule has 0 fully saturated rings. The van der Waals surface area contributed by atoms with Crippen LogP contribution in [-0.2, 0) is 0 Å². The molecule has 2 N–H and O–H groups in total. The van der Waals surface area contributed by atoms with Crippen molar-refractivity contribution < 1.29 is 27.9 Å². The summed E-state index contributed by atoms with van der Waals surface area (Å²) in [6, 6.07) is 2.52. The molecule has 1 aromatic rings. The number of carboxylic acid groups (broad SMARTS) is 1. The molecule has 0 unspecified atom stereocenters. The summed E-state index contributed by atoms with van der Waals surface area (Å²) in [4.78, 5) is 22.9. The highest BCUT2D eigenvalue weighted by molar-refractivity contribution is 6.31. The molecule has 0 aromatic heterocycles. The van der Waals surface area contributed by atoms with Crippen LogP contribution in [-0.4, -0.2) is 41.8 Å². The Kier molecular flexibility index (Phi) is 4.83. The lowest BCUT2D eigenvalue weighted by atomic mass is 10.2. The molecule has 0 bridgehead atoms. The maximum Gasteiger partial charge on any atom is 0.406 e. The average Bonchev–Trinajstić information content (AvgIpc) is 2.28. The monoisotopic (exact) mass is 310 g/mol. The van der Waals surface area contributed by atoms with Gasteiger partial charge in [-0.3, -0.25) is 0 Å². The van der Waals surface area contributed by atoms with E-state index in [-0.39, 0.29) is 16.3 Å². The molecule has 0 saturated heterocycles. The standard InChI is InChI=1S/C11H10ClF3N2O3/c1-17(5-11(13,14)15)10(20)16-8-3-2-6(12)4-7(8)9(18)19/h2-4H,5H2,1H3,(H,16,20)(H,18,19). The summed E-state index contributed by atoms with van der Waals surface area (Å²) in [5.74, 6) is -1.36. The molecule has 5 nitrogen and oxygen atoms in total. The molecule has 2 amide bonds. The zero-order valence-electron chi connectivity index (χ0n) is 10.2. The summed E-state index contributed by atoms with van der Waals surface area (Å²) in [6.07, 6.45) is -4.54. The van der Waals surface area contributed by atoms with Gasteiger partial charge >= 0.3 is 18.2 Å². The van der Waals surface area contributed by atoms with Crippen molar-refractivity contribution in [2.75, 3.05) is 18.9 Å². The number of carbonyl (C=O) groups excluding carboxylic acids is 1. The van der Waals surface area contributed by atoms with E-state index < -0.39 is 24.7 Å². The number of anilines is 1. The highest BCUT2D eigenvalue weighted by Gasteiger charge is 2.31. The minimum absolute atomic E-state index is 0.129. The van der Waals surface area contributed by atoms with Crippen LogP contribution >= 0.6 is 11.6 Å². The van der Waals surface area contributed by atoms with Crippen LogP contribution in [0.3, 0.4) is 0 Å². The Hall–Kier alpha value is -1.96. The Balaban J connectivity index is 2.88. The molecular formula is C11H10ClF3N2O3. The highest BCUT2D eigenvalue weighted by atomic mass is 35.5. The molecule has 9 heteroatoms. The predicted octanol–water partition coefficient (Wildman–Crippen LogP) is 3.06. The fourth-order valence-corrected chi connectivity index (χ4v) is 1.53. The highest BCUT2D eigenvalue weighted by Crippen LogP contribution is 2.22. The molecular weight excluding hydrogens is 301 g/mol. The van der Waals surface area contributed by atoms with Crippen molar-refractivity contribution in [1.29, 1.82) is 0 Å². The molecule has 0 aliphatic heterocycles. The fourth-order valence-electron chi connectivity index (χ4n) is 1.35. The zero-order valence-corrected chi connectivity index (χ0v) is 10.9. The van der Waals surface area contributed by atoms with Gasteiger partial charge in [0.1, 0.15) is 6.54 Å². The number of alkyl halides is 3. The topological polar surface area (TPSA) is 69.6 Å². The normalized spacial score (nSPS) is 11.1. The second kappa shape index (κ2) is 6.00. The van der Waals surface area contributed by atoms with Gasteiger partial charge in [-0.15, -0.1) is 0 Å². The van der Waals surface area contributed by atoms with E-state index in [0.29, 0.717) is 4.90 Å². The van der Waals surface area contributed by atoms with Crippen molar-refractivity contribution in [1.82, 2.24) is 4.90 Å². The smallest absolute Gasteiger partial charge is 0.406 e. The van der Waals surface area contributed by atoms with Gasteiger partial charge < -0.3 is 15.3 Å². The summed E-state index contributed by atoms with van der Waals surface area (Å²) in [6.45, 7) is -1.45. The van der Waals surface area contributed by atoms with Crippen LogP contribution in [0.1, 0.15) is 10.4 Å². The molecule has 0 aliphatic rings. The number of halogens is 4. The average molecular weight is 311 g/mol. The molecule has 0 radical (unpaired) electrons. The third-order valence-electron chi connectivity index (χ3n) is 2.22. The van der Waals surface area contributed by atoms with Crippen LogP contribution in [0.25, 0.3) is 0 Å². The number of aromatic carboxylic acids is 1. The van der Waals surface area contributed by atoms with Gasteiger partial charge in [0, 0.05) is 12.1 Å². The van der Waals surface area contributed by atoms with Crippen LogP contribution in [0.5, 0.6) is 0 Å². The number of hydrogen-bond acceptors (Lipinski definition) is 2.